The van der Waals surface area contributed by atoms with Gasteiger partial charge < -0.3 is 14.7 Å². The van der Waals surface area contributed by atoms with Gasteiger partial charge in [-0.2, -0.15) is 0 Å². The molecule has 2 aliphatic rings. The van der Waals surface area contributed by atoms with E-state index in [1.54, 1.807) is 24.3 Å². The van der Waals surface area contributed by atoms with Gasteiger partial charge in [-0.3, -0.25) is 4.79 Å². The van der Waals surface area contributed by atoms with Gasteiger partial charge in [0.25, 0.3) is 5.91 Å². The number of amides is 1. The highest BCUT2D eigenvalue weighted by Gasteiger charge is 2.32. The number of benzene rings is 1. The molecule has 1 aromatic rings. The van der Waals surface area contributed by atoms with Crippen molar-refractivity contribution in [3.8, 4) is 5.75 Å². The minimum atomic E-state index is -0.919. The van der Waals surface area contributed by atoms with Gasteiger partial charge in [-0.05, 0) is 62.3 Å². The second-order valence-corrected chi connectivity index (χ2v) is 6.13. The summed E-state index contributed by atoms with van der Waals surface area (Å²) in [5, 5.41) is 9.26. The fourth-order valence-electron chi connectivity index (χ4n) is 2.79. The third kappa shape index (κ3) is 3.40. The standard InChI is InChI=1S/C17H21NO4/c19-16(18-10-2-1-3-15(18)17(20)21)13-6-8-14(9-7-13)22-11-12-4-5-12/h6-9,12,15H,1-5,10-11H2,(H,20,21)/t15-/m1/s1. The number of hydrogen-bond acceptors (Lipinski definition) is 3. The molecule has 0 unspecified atom stereocenters. The molecule has 2 fully saturated rings. The van der Waals surface area contributed by atoms with Gasteiger partial charge in [0.15, 0.2) is 0 Å². The lowest BCUT2D eigenvalue weighted by Gasteiger charge is -2.33. The van der Waals surface area contributed by atoms with Gasteiger partial charge in [0.2, 0.25) is 0 Å². The molecule has 3 rings (SSSR count). The number of aliphatic carboxylic acids is 1. The van der Waals surface area contributed by atoms with Crippen LogP contribution in [0.15, 0.2) is 24.3 Å². The first kappa shape index (κ1) is 14.9. The van der Waals surface area contributed by atoms with E-state index < -0.39 is 12.0 Å². The van der Waals surface area contributed by atoms with Gasteiger partial charge in [0.05, 0.1) is 6.61 Å². The molecule has 1 aliphatic carbocycles. The molecule has 0 aromatic heterocycles. The molecule has 5 heteroatoms. The predicted octanol–water partition coefficient (Wildman–Crippen LogP) is 2.55. The summed E-state index contributed by atoms with van der Waals surface area (Å²) in [5.74, 6) is 0.321. The van der Waals surface area contributed by atoms with E-state index in [1.807, 2.05) is 0 Å². The van der Waals surface area contributed by atoms with Crippen molar-refractivity contribution in [2.45, 2.75) is 38.1 Å². The molecule has 1 heterocycles. The number of hydrogen-bond donors (Lipinski definition) is 1. The van der Waals surface area contributed by atoms with Gasteiger partial charge in [-0.25, -0.2) is 4.79 Å². The highest BCUT2D eigenvalue weighted by molar-refractivity contribution is 5.96. The Morgan fingerprint density at radius 2 is 1.86 bits per heavy atom. The van der Waals surface area contributed by atoms with E-state index >= 15 is 0 Å². The van der Waals surface area contributed by atoms with Crippen LogP contribution in [0.1, 0.15) is 42.5 Å². The Kier molecular flexibility index (Phi) is 4.32. The molecule has 0 spiro atoms. The molecule has 1 N–H and O–H groups in total. The quantitative estimate of drug-likeness (QED) is 0.908. The largest absolute Gasteiger partial charge is 0.493 e. The molecule has 1 amide bonds. The molecule has 1 saturated carbocycles. The number of piperidine rings is 1. The summed E-state index contributed by atoms with van der Waals surface area (Å²) >= 11 is 0. The first-order valence-electron chi connectivity index (χ1n) is 7.92. The predicted molar refractivity (Wildman–Crippen MR) is 81.0 cm³/mol. The molecule has 22 heavy (non-hydrogen) atoms. The SMILES string of the molecule is O=C(O)[C@H]1CCCCN1C(=O)c1ccc(OCC2CC2)cc1. The van der Waals surface area contributed by atoms with Crippen molar-refractivity contribution in [1.82, 2.24) is 4.90 Å². The van der Waals surface area contributed by atoms with Crippen LogP contribution in [-0.4, -0.2) is 41.1 Å². The lowest BCUT2D eigenvalue weighted by molar-refractivity contribution is -0.143. The van der Waals surface area contributed by atoms with Crippen molar-refractivity contribution < 1.29 is 19.4 Å². The number of nitrogens with zero attached hydrogens (tertiary/aromatic N) is 1. The number of carbonyl (C=O) groups excluding carboxylic acids is 1. The van der Waals surface area contributed by atoms with Crippen molar-refractivity contribution in [3.05, 3.63) is 29.8 Å². The summed E-state index contributed by atoms with van der Waals surface area (Å²) in [5.41, 5.74) is 0.520. The summed E-state index contributed by atoms with van der Waals surface area (Å²) in [6, 6.07) is 6.31. The fourth-order valence-corrected chi connectivity index (χ4v) is 2.79. The van der Waals surface area contributed by atoms with Crippen LogP contribution in [0.5, 0.6) is 5.75 Å². The average molecular weight is 303 g/mol. The third-order valence-corrected chi connectivity index (χ3v) is 4.33. The lowest BCUT2D eigenvalue weighted by atomic mass is 10.0. The maximum Gasteiger partial charge on any atom is 0.326 e. The molecular weight excluding hydrogens is 282 g/mol. The first-order valence-corrected chi connectivity index (χ1v) is 7.92. The van der Waals surface area contributed by atoms with Crippen LogP contribution in [0.3, 0.4) is 0 Å². The van der Waals surface area contributed by atoms with E-state index in [9.17, 15) is 14.7 Å². The smallest absolute Gasteiger partial charge is 0.326 e. The lowest BCUT2D eigenvalue weighted by Crippen LogP contribution is -2.47. The second-order valence-electron chi connectivity index (χ2n) is 6.13. The number of carboxylic acid groups (broad SMARTS) is 1. The number of carbonyl (C=O) groups is 2. The summed E-state index contributed by atoms with van der Waals surface area (Å²) in [6.07, 6.45) is 4.72. The molecular formula is C17H21NO4. The summed E-state index contributed by atoms with van der Waals surface area (Å²) in [4.78, 5) is 25.3. The topological polar surface area (TPSA) is 66.8 Å². The monoisotopic (exact) mass is 303 g/mol. The Balaban J connectivity index is 1.66. The van der Waals surface area contributed by atoms with Crippen LogP contribution in [0.25, 0.3) is 0 Å². The van der Waals surface area contributed by atoms with Crippen molar-refractivity contribution in [1.29, 1.82) is 0 Å². The molecule has 1 aliphatic heterocycles. The van der Waals surface area contributed by atoms with E-state index in [1.165, 1.54) is 17.7 Å². The maximum absolute atomic E-state index is 12.5. The minimum Gasteiger partial charge on any atom is -0.493 e. The zero-order valence-corrected chi connectivity index (χ0v) is 12.5. The Morgan fingerprint density at radius 1 is 1.14 bits per heavy atom. The molecule has 0 radical (unpaired) electrons. The highest BCUT2D eigenvalue weighted by Crippen LogP contribution is 2.29. The second kappa shape index (κ2) is 6.38. The number of ether oxygens (including phenoxy) is 1. The van der Waals surface area contributed by atoms with Crippen LogP contribution < -0.4 is 4.74 Å². The summed E-state index contributed by atoms with van der Waals surface area (Å²) < 4.78 is 5.65. The molecule has 1 saturated heterocycles. The molecule has 0 bridgehead atoms. The van der Waals surface area contributed by atoms with Crippen LogP contribution in [0.2, 0.25) is 0 Å². The minimum absolute atomic E-state index is 0.208. The van der Waals surface area contributed by atoms with E-state index in [4.69, 9.17) is 4.74 Å². The zero-order valence-electron chi connectivity index (χ0n) is 12.5. The normalized spacial score (nSPS) is 21.5. The van der Waals surface area contributed by atoms with E-state index in [0.29, 0.717) is 24.4 Å². The van der Waals surface area contributed by atoms with Gasteiger partial charge in [-0.15, -0.1) is 0 Å². The molecule has 118 valence electrons. The van der Waals surface area contributed by atoms with Crippen LogP contribution in [0.4, 0.5) is 0 Å². The van der Waals surface area contributed by atoms with Gasteiger partial charge in [-0.1, -0.05) is 0 Å². The van der Waals surface area contributed by atoms with Crippen molar-refractivity contribution in [2.24, 2.45) is 5.92 Å². The van der Waals surface area contributed by atoms with Gasteiger partial charge in [0, 0.05) is 12.1 Å². The molecule has 5 nitrogen and oxygen atoms in total. The number of rotatable bonds is 5. The zero-order chi connectivity index (χ0) is 15.5. The maximum atomic E-state index is 12.5. The van der Waals surface area contributed by atoms with E-state index in [-0.39, 0.29) is 5.91 Å². The Labute approximate surface area is 129 Å². The Morgan fingerprint density at radius 3 is 2.50 bits per heavy atom. The van der Waals surface area contributed by atoms with Gasteiger partial charge >= 0.3 is 5.97 Å². The number of carboxylic acids is 1. The van der Waals surface area contributed by atoms with Crippen LogP contribution in [-0.2, 0) is 4.79 Å². The van der Waals surface area contributed by atoms with Gasteiger partial charge in [0.1, 0.15) is 11.8 Å². The Bertz CT molecular complexity index is 550. The van der Waals surface area contributed by atoms with Crippen molar-refractivity contribution >= 4 is 11.9 Å². The Hall–Kier alpha value is -2.04. The van der Waals surface area contributed by atoms with Crippen molar-refractivity contribution in [3.63, 3.8) is 0 Å². The van der Waals surface area contributed by atoms with Crippen LogP contribution in [0, 0.1) is 5.92 Å². The third-order valence-electron chi connectivity index (χ3n) is 4.33. The van der Waals surface area contributed by atoms with Crippen LogP contribution >= 0.6 is 0 Å². The average Bonchev–Trinajstić information content (AvgIpc) is 3.37. The number of likely N-dealkylation sites (tertiary alicyclic amines) is 1. The molecule has 1 aromatic carbocycles. The molecule has 1 atom stereocenters. The van der Waals surface area contributed by atoms with E-state index in [2.05, 4.69) is 0 Å². The summed E-state index contributed by atoms with van der Waals surface area (Å²) in [6.45, 7) is 1.25. The highest BCUT2D eigenvalue weighted by atomic mass is 16.5. The summed E-state index contributed by atoms with van der Waals surface area (Å²) in [7, 11) is 0. The van der Waals surface area contributed by atoms with E-state index in [0.717, 1.165) is 25.2 Å². The van der Waals surface area contributed by atoms with Crippen molar-refractivity contribution in [2.75, 3.05) is 13.2 Å². The first-order chi connectivity index (χ1) is 10.6. The fraction of sp³-hybridized carbons (Fsp3) is 0.529.